The molecule has 0 aliphatic carbocycles. The van der Waals surface area contributed by atoms with E-state index < -0.39 is 112 Å². The number of aromatic nitrogens is 3. The summed E-state index contributed by atoms with van der Waals surface area (Å²) >= 11 is 18.7. The third kappa shape index (κ3) is 26.2. The van der Waals surface area contributed by atoms with Gasteiger partial charge in [0.05, 0.1) is 97.0 Å². The first-order chi connectivity index (χ1) is 58.1. The summed E-state index contributed by atoms with van der Waals surface area (Å²) in [6, 6.07) is 26.5. The quantitative estimate of drug-likeness (QED) is 0.0153. The predicted octanol–water partition coefficient (Wildman–Crippen LogP) is 26.5. The highest BCUT2D eigenvalue weighted by Gasteiger charge is 2.46. The number of aromatic amines is 3. The Morgan fingerprint density at radius 2 is 0.877 bits per heavy atom. The molecule has 0 amide bonds. The number of H-pyrrole nitrogens is 3. The van der Waals surface area contributed by atoms with Gasteiger partial charge in [-0.05, 0) is 258 Å². The smallest absolute Gasteiger partial charge is 0.339 e. The summed E-state index contributed by atoms with van der Waals surface area (Å²) in [6.07, 6.45) is 0.698. The Bertz CT molecular complexity index is 5950. The lowest BCUT2D eigenvalue weighted by Gasteiger charge is -2.41. The number of ether oxygens (including phenoxy) is 6. The number of halogens is 3. The van der Waals surface area contributed by atoms with Crippen molar-refractivity contribution in [2.45, 2.75) is 271 Å². The van der Waals surface area contributed by atoms with Gasteiger partial charge in [-0.25, -0.2) is 39.6 Å². The van der Waals surface area contributed by atoms with Gasteiger partial charge in [-0.1, -0.05) is 168 Å². The summed E-state index contributed by atoms with van der Waals surface area (Å²) in [6.45, 7) is 60.7. The average Bonchev–Trinajstić information content (AvgIpc) is 1.41. The molecule has 0 saturated carbocycles. The number of methoxy groups -OCH3 is 3. The van der Waals surface area contributed by atoms with E-state index in [2.05, 4.69) is 107 Å². The van der Waals surface area contributed by atoms with Gasteiger partial charge in [0.2, 0.25) is 0 Å². The number of nitrogens with zero attached hydrogens (tertiary/aromatic N) is 2. The largest absolute Gasteiger partial charge is 0.467 e. The van der Waals surface area contributed by atoms with E-state index in [4.69, 9.17) is 72.1 Å². The second-order valence-corrected chi connectivity index (χ2v) is 53.7. The molecule has 9 aromatic rings. The molecule has 0 fully saturated rings. The molecule has 3 aromatic heterocycles. The number of esters is 3. The Kier molecular flexibility index (Phi) is 38.4. The number of benzene rings is 6. The summed E-state index contributed by atoms with van der Waals surface area (Å²) in [5.74, 6) is -1.80. The molecule has 130 heavy (non-hydrogen) atoms. The molecule has 0 spiro atoms. The molecule has 5 atom stereocenters. The maximum absolute atomic E-state index is 14.2. The number of carbonyl (C=O) groups is 3. The summed E-state index contributed by atoms with van der Waals surface area (Å²) in [5.41, 5.74) is 10.9. The van der Waals surface area contributed by atoms with Crippen LogP contribution in [0.5, 0.6) is 0 Å². The van der Waals surface area contributed by atoms with E-state index in [0.29, 0.717) is 111 Å². The van der Waals surface area contributed by atoms with E-state index in [-0.39, 0.29) is 53.0 Å². The third-order valence-electron chi connectivity index (χ3n) is 22.7. The highest BCUT2D eigenvalue weighted by molar-refractivity contribution is 7.96. The van der Waals surface area contributed by atoms with Gasteiger partial charge >= 0.3 is 17.9 Å². The van der Waals surface area contributed by atoms with Crippen molar-refractivity contribution in [2.75, 3.05) is 47.9 Å². The molecule has 1 aliphatic rings. The monoisotopic (exact) mass is 1940 g/mol. The summed E-state index contributed by atoms with van der Waals surface area (Å²) < 4.78 is 135. The van der Waals surface area contributed by atoms with E-state index in [1.165, 1.54) is 35.3 Å². The minimum absolute atomic E-state index is 0. The van der Waals surface area contributed by atoms with Gasteiger partial charge in [0.15, 0.2) is 34.9 Å². The molecule has 1 aliphatic heterocycles. The predicted molar refractivity (Wildman–Crippen MR) is 547 cm³/mol. The van der Waals surface area contributed by atoms with E-state index in [1.807, 2.05) is 152 Å². The van der Waals surface area contributed by atoms with Crippen LogP contribution in [0.2, 0.25) is 51.3 Å². The van der Waals surface area contributed by atoms with Crippen LogP contribution in [-0.2, 0) is 81.7 Å². The van der Waals surface area contributed by atoms with Crippen molar-refractivity contribution in [2.24, 2.45) is 0 Å². The third-order valence-corrected chi connectivity index (χ3v) is 36.4. The minimum atomic E-state index is -4.14. The van der Waals surface area contributed by atoms with Crippen LogP contribution in [0.3, 0.4) is 0 Å². The second-order valence-electron chi connectivity index (χ2n) is 37.7. The Hall–Kier alpha value is -8.34. The number of hydrogen-bond donors (Lipinski definition) is 4. The maximum Gasteiger partial charge on any atom is 0.339 e. The number of aryl methyl sites for hydroxylation is 3. The van der Waals surface area contributed by atoms with Crippen LogP contribution in [0.4, 0.5) is 17.1 Å². The highest BCUT2D eigenvalue weighted by atomic mass is 35.5. The van der Waals surface area contributed by atoms with Crippen molar-refractivity contribution in [1.82, 2.24) is 15.0 Å². The lowest BCUT2D eigenvalue weighted by molar-refractivity contribution is -0.164. The van der Waals surface area contributed by atoms with Crippen molar-refractivity contribution >= 4 is 149 Å². The molecule has 0 unspecified atom stereocenters. The topological polar surface area (TPSA) is 293 Å². The number of nitrogens with one attached hydrogen (secondary N) is 4. The van der Waals surface area contributed by atoms with Crippen LogP contribution in [-0.4, -0.2) is 138 Å². The zero-order valence-electron chi connectivity index (χ0n) is 78.1. The first kappa shape index (κ1) is 114. The first-order valence-corrected chi connectivity index (χ1v) is 53.0. The first-order valence-electron chi connectivity index (χ1n) is 41.5. The van der Waals surface area contributed by atoms with Crippen LogP contribution in [0.25, 0.3) is 66.1 Å². The van der Waals surface area contributed by atoms with Crippen LogP contribution in [0.1, 0.15) is 215 Å². The van der Waals surface area contributed by atoms with E-state index >= 15 is 0 Å². The van der Waals surface area contributed by atoms with E-state index in [1.54, 1.807) is 55.5 Å². The SMILES string of the molecule is C.C.C.C.C=CC[C@@H](CO[Si](C)(C)C(C)(C)C)N(c1c(C)c([C@H](OC(C)(C)C)C(=O)OC)c(-c2ccc(Cl)cc2)c2cc(C)[nH]c12)S(=O)(=O)C=C.C=CS(=O)(=O)Nc1c(C)c([C@H](OC(C)(C)C)C(=O)OC)c(-c2ccc(Cl)cc2)c2cc(C)[nH]c12.COC(=O)[C@@H](OC(C)(C)C)c1c(C)c(N2[C@H](CO[Si](C)(C)C(C)(C)C)CC=CS2(=O)=O)c2[nH]c(C)cc2c1-c1ccc(Cl)cc1. The van der Waals surface area contributed by atoms with Crippen molar-refractivity contribution in [3.05, 3.63) is 205 Å². The molecule has 6 aromatic carbocycles. The van der Waals surface area contributed by atoms with Gasteiger partial charge < -0.3 is 52.2 Å². The molecule has 10 rings (SSSR count). The number of sulfonamides is 3. The lowest BCUT2D eigenvalue weighted by atomic mass is 9.87. The molecule has 718 valence electrons. The summed E-state index contributed by atoms with van der Waals surface area (Å²) in [7, 11) is -12.5. The Balaban J connectivity index is 0.000000407. The van der Waals surface area contributed by atoms with Gasteiger partial charge in [-0.3, -0.25) is 13.3 Å². The number of hydrogen-bond acceptors (Lipinski definition) is 17. The van der Waals surface area contributed by atoms with Crippen molar-refractivity contribution in [3.63, 3.8) is 0 Å². The van der Waals surface area contributed by atoms with Gasteiger partial charge in [0.1, 0.15) is 0 Å². The maximum atomic E-state index is 14.2. The molecule has 0 bridgehead atoms. The average molecular weight is 1950 g/mol. The van der Waals surface area contributed by atoms with Crippen LogP contribution in [0, 0.1) is 41.5 Å². The normalized spacial score (nSPS) is 14.7. The Morgan fingerprint density at radius 1 is 0.531 bits per heavy atom. The minimum Gasteiger partial charge on any atom is -0.467 e. The lowest BCUT2D eigenvalue weighted by Crippen LogP contribution is -2.49. The van der Waals surface area contributed by atoms with Gasteiger partial charge in [-0.15, -0.1) is 6.58 Å². The molecule has 23 nitrogen and oxygen atoms in total. The zero-order chi connectivity index (χ0) is 94.8. The number of fused-ring (bicyclic) bond motifs is 3. The number of rotatable bonds is 28. The molecule has 0 radical (unpaired) electrons. The Morgan fingerprint density at radius 3 is 1.23 bits per heavy atom. The van der Waals surface area contributed by atoms with E-state index in [0.717, 1.165) is 61.1 Å². The molecular weight excluding hydrogens is 1800 g/mol. The van der Waals surface area contributed by atoms with Gasteiger partial charge in [-0.2, -0.15) is 0 Å². The molecule has 4 heterocycles. The fraction of sp³-hybridized carbons (Fsp3) is 0.465. The van der Waals surface area contributed by atoms with Gasteiger partial charge in [0.25, 0.3) is 30.1 Å². The fourth-order valence-corrected chi connectivity index (χ4v) is 20.6. The standard InChI is InChI=1S/C36H51ClN2O6SSi.C34H47ClN2O6SSi.C25H29ClN2O5S.4CH4/c1-14-16-27(22-44-47(12,13)36(8,9)10)39(46(41,42)15-2)32-24(4)29(33(34(40)43-11)45-35(5,6)7)30(25-17-19-26(37)20-18-25)28-21-23(3)38-31(28)32;1-21-19-26-28(23-14-16-24(35)17-15-23)27(31(32(38)41-9)43-33(3,4)5)22(2)30(29(26)36-21)37-25(13-12-18-44(37,39)40)20-42-45(10,11)34(6,7)8;1-8-34(30,31)28-21-15(3)19(23(24(29)32-7)33-25(4,5)6)20(16-9-11-17(26)12-10-16)18-13-14(2)27-22(18)21;;;;/h14-15,17-21,27,33,38H,1-2,16,22H2,3-13H3;12,14-19,25,31,36H,13,20H2,1-11H3;8-13,23,27-28H,1H2,2-7H3;4*1H4/t27-,33-;25-,31-;23-;;;;/m000..../s1. The number of carbonyl (C=O) groups excluding carboxylic acids is 3. The molecule has 4 N–H and O–H groups in total. The Labute approximate surface area is 792 Å². The number of anilines is 3. The van der Waals surface area contributed by atoms with Crippen LogP contribution >= 0.6 is 34.8 Å². The van der Waals surface area contributed by atoms with Crippen LogP contribution in [0.15, 0.2) is 139 Å². The van der Waals surface area contributed by atoms with Crippen LogP contribution < -0.4 is 13.3 Å². The van der Waals surface area contributed by atoms with Crippen molar-refractivity contribution in [3.8, 4) is 33.4 Å². The highest BCUT2D eigenvalue weighted by Crippen LogP contribution is 2.53. The van der Waals surface area contributed by atoms with Crippen molar-refractivity contribution in [1.29, 1.82) is 0 Å². The second kappa shape index (κ2) is 43.8. The molecular formula is C99H143Cl3N6O17S3Si2. The fourth-order valence-electron chi connectivity index (χ4n) is 14.8. The molecule has 0 saturated heterocycles. The summed E-state index contributed by atoms with van der Waals surface area (Å²) in [5, 5.41) is 6.77. The van der Waals surface area contributed by atoms with E-state index in [9.17, 15) is 39.6 Å². The van der Waals surface area contributed by atoms with Gasteiger partial charge in [0, 0.05) is 81.2 Å². The van der Waals surface area contributed by atoms with Crippen molar-refractivity contribution < 1.29 is 76.9 Å². The molecule has 31 heteroatoms. The summed E-state index contributed by atoms with van der Waals surface area (Å²) in [4.78, 5) is 50.4. The zero-order valence-corrected chi connectivity index (χ0v) is 84.8.